The third-order valence-corrected chi connectivity index (χ3v) is 3.21. The molecule has 0 saturated carbocycles. The minimum absolute atomic E-state index is 0.250. The largest absolute Gasteiger partial charge is 0.465 e. The summed E-state index contributed by atoms with van der Waals surface area (Å²) in [5.74, 6) is -0.782. The van der Waals surface area contributed by atoms with Crippen molar-refractivity contribution < 1.29 is 13.9 Å². The van der Waals surface area contributed by atoms with E-state index in [0.29, 0.717) is 16.9 Å². The Morgan fingerprint density at radius 3 is 2.67 bits per heavy atom. The molecule has 21 heavy (non-hydrogen) atoms. The SMILES string of the molecule is COC(=O)c1cc(NC(C)c2ccccc2F)ccc1N. The van der Waals surface area contributed by atoms with Crippen LogP contribution in [-0.4, -0.2) is 13.1 Å². The second kappa shape index (κ2) is 6.26. The van der Waals surface area contributed by atoms with E-state index in [-0.39, 0.29) is 17.4 Å². The quantitative estimate of drug-likeness (QED) is 0.669. The summed E-state index contributed by atoms with van der Waals surface area (Å²) in [6.45, 7) is 1.84. The number of hydrogen-bond donors (Lipinski definition) is 2. The molecule has 0 saturated heterocycles. The first-order valence-electron chi connectivity index (χ1n) is 6.51. The summed E-state index contributed by atoms with van der Waals surface area (Å²) in [7, 11) is 1.30. The third kappa shape index (κ3) is 3.31. The number of methoxy groups -OCH3 is 1. The molecule has 0 radical (unpaired) electrons. The van der Waals surface area contributed by atoms with Crippen molar-refractivity contribution in [3.8, 4) is 0 Å². The Kier molecular flexibility index (Phi) is 4.42. The van der Waals surface area contributed by atoms with E-state index in [0.717, 1.165) is 0 Å². The Morgan fingerprint density at radius 1 is 1.29 bits per heavy atom. The van der Waals surface area contributed by atoms with Crippen LogP contribution in [0.15, 0.2) is 42.5 Å². The van der Waals surface area contributed by atoms with Crippen molar-refractivity contribution in [2.75, 3.05) is 18.2 Å². The molecule has 110 valence electrons. The molecule has 0 aromatic heterocycles. The van der Waals surface area contributed by atoms with Crippen molar-refractivity contribution in [2.45, 2.75) is 13.0 Å². The second-order valence-electron chi connectivity index (χ2n) is 4.68. The number of nitrogen functional groups attached to an aromatic ring is 1. The highest BCUT2D eigenvalue weighted by molar-refractivity contribution is 5.96. The summed E-state index contributed by atoms with van der Waals surface area (Å²) in [5, 5.41) is 3.14. The average molecular weight is 288 g/mol. The van der Waals surface area contributed by atoms with Crippen LogP contribution >= 0.6 is 0 Å². The van der Waals surface area contributed by atoms with Crippen molar-refractivity contribution in [3.05, 3.63) is 59.4 Å². The molecule has 0 aliphatic heterocycles. The number of benzene rings is 2. The number of carbonyl (C=O) groups is 1. The van der Waals surface area contributed by atoms with Crippen LogP contribution < -0.4 is 11.1 Å². The topological polar surface area (TPSA) is 64.3 Å². The molecule has 1 unspecified atom stereocenters. The molecule has 0 spiro atoms. The standard InChI is InChI=1S/C16H17FN2O2/c1-10(12-5-3-4-6-14(12)17)19-11-7-8-15(18)13(9-11)16(20)21-2/h3-10,19H,18H2,1-2H3. The van der Waals surface area contributed by atoms with Crippen LogP contribution in [0.3, 0.4) is 0 Å². The molecule has 2 rings (SSSR count). The summed E-state index contributed by atoms with van der Waals surface area (Å²) < 4.78 is 18.4. The molecule has 0 bridgehead atoms. The van der Waals surface area contributed by atoms with Gasteiger partial charge in [-0.3, -0.25) is 0 Å². The molecule has 2 aromatic carbocycles. The lowest BCUT2D eigenvalue weighted by atomic mass is 10.1. The highest BCUT2D eigenvalue weighted by Gasteiger charge is 2.13. The first-order chi connectivity index (χ1) is 10.0. The van der Waals surface area contributed by atoms with E-state index in [9.17, 15) is 9.18 Å². The van der Waals surface area contributed by atoms with Gasteiger partial charge in [0, 0.05) is 16.9 Å². The zero-order chi connectivity index (χ0) is 15.4. The van der Waals surface area contributed by atoms with Crippen molar-refractivity contribution in [1.29, 1.82) is 0 Å². The molecular weight excluding hydrogens is 271 g/mol. The first kappa shape index (κ1) is 14.8. The van der Waals surface area contributed by atoms with Gasteiger partial charge in [-0.1, -0.05) is 18.2 Å². The van der Waals surface area contributed by atoms with Gasteiger partial charge in [-0.2, -0.15) is 0 Å². The number of nitrogens with two attached hydrogens (primary N) is 1. The fourth-order valence-electron chi connectivity index (χ4n) is 2.09. The smallest absolute Gasteiger partial charge is 0.340 e. The molecule has 0 amide bonds. The lowest BCUT2D eigenvalue weighted by Gasteiger charge is -2.17. The summed E-state index contributed by atoms with van der Waals surface area (Å²) in [6.07, 6.45) is 0. The van der Waals surface area contributed by atoms with Crippen LogP contribution in [0.5, 0.6) is 0 Å². The van der Waals surface area contributed by atoms with Crippen molar-refractivity contribution in [1.82, 2.24) is 0 Å². The van der Waals surface area contributed by atoms with Crippen molar-refractivity contribution in [2.24, 2.45) is 0 Å². The summed E-state index contributed by atoms with van der Waals surface area (Å²) in [5.41, 5.74) is 7.58. The second-order valence-corrected chi connectivity index (χ2v) is 4.68. The van der Waals surface area contributed by atoms with E-state index in [2.05, 4.69) is 10.1 Å². The Hall–Kier alpha value is -2.56. The molecule has 3 N–H and O–H groups in total. The van der Waals surface area contributed by atoms with Gasteiger partial charge in [0.05, 0.1) is 18.7 Å². The van der Waals surface area contributed by atoms with E-state index < -0.39 is 5.97 Å². The Bertz CT molecular complexity index is 658. The van der Waals surface area contributed by atoms with Gasteiger partial charge in [-0.05, 0) is 31.2 Å². The fourth-order valence-corrected chi connectivity index (χ4v) is 2.09. The van der Waals surface area contributed by atoms with Gasteiger partial charge >= 0.3 is 5.97 Å². The monoisotopic (exact) mass is 288 g/mol. The van der Waals surface area contributed by atoms with E-state index in [1.165, 1.54) is 13.2 Å². The van der Waals surface area contributed by atoms with E-state index in [1.54, 1.807) is 36.4 Å². The number of ether oxygens (including phenoxy) is 1. The summed E-state index contributed by atoms with van der Waals surface area (Å²) in [4.78, 5) is 11.6. The first-order valence-corrected chi connectivity index (χ1v) is 6.51. The van der Waals surface area contributed by atoms with Gasteiger partial charge < -0.3 is 15.8 Å². The van der Waals surface area contributed by atoms with Gasteiger partial charge in [0.25, 0.3) is 0 Å². The van der Waals surface area contributed by atoms with Gasteiger partial charge in [0.2, 0.25) is 0 Å². The predicted octanol–water partition coefficient (Wildman–Crippen LogP) is 3.37. The predicted molar refractivity (Wildman–Crippen MR) is 80.6 cm³/mol. The molecule has 1 atom stereocenters. The summed E-state index contributed by atoms with van der Waals surface area (Å²) >= 11 is 0. The molecule has 0 heterocycles. The maximum Gasteiger partial charge on any atom is 0.340 e. The number of anilines is 2. The summed E-state index contributed by atoms with van der Waals surface area (Å²) in [6, 6.07) is 11.2. The maximum absolute atomic E-state index is 13.7. The van der Waals surface area contributed by atoms with E-state index in [4.69, 9.17) is 5.73 Å². The van der Waals surface area contributed by atoms with Crippen LogP contribution in [0.25, 0.3) is 0 Å². The van der Waals surface area contributed by atoms with Gasteiger partial charge in [0.15, 0.2) is 0 Å². The zero-order valence-electron chi connectivity index (χ0n) is 11.9. The molecule has 5 heteroatoms. The normalized spacial score (nSPS) is 11.8. The van der Waals surface area contributed by atoms with Crippen molar-refractivity contribution in [3.63, 3.8) is 0 Å². The molecule has 4 nitrogen and oxygen atoms in total. The minimum atomic E-state index is -0.505. The molecule has 0 aliphatic carbocycles. The Labute approximate surface area is 122 Å². The molecule has 0 fully saturated rings. The number of nitrogens with one attached hydrogen (secondary N) is 1. The number of carbonyl (C=O) groups excluding carboxylic acids is 1. The molecule has 2 aromatic rings. The Morgan fingerprint density at radius 2 is 2.00 bits per heavy atom. The Balaban J connectivity index is 2.24. The average Bonchev–Trinajstić information content (AvgIpc) is 2.48. The zero-order valence-corrected chi connectivity index (χ0v) is 11.9. The fraction of sp³-hybridized carbons (Fsp3) is 0.188. The third-order valence-electron chi connectivity index (χ3n) is 3.21. The molecule has 0 aliphatic rings. The van der Waals surface area contributed by atoms with Crippen LogP contribution in [0.2, 0.25) is 0 Å². The lowest BCUT2D eigenvalue weighted by Crippen LogP contribution is -2.11. The van der Waals surface area contributed by atoms with Gasteiger partial charge in [0.1, 0.15) is 5.82 Å². The van der Waals surface area contributed by atoms with Crippen LogP contribution in [-0.2, 0) is 4.74 Å². The molecular formula is C16H17FN2O2. The van der Waals surface area contributed by atoms with E-state index >= 15 is 0 Å². The van der Waals surface area contributed by atoms with Crippen LogP contribution in [0, 0.1) is 5.82 Å². The number of halogens is 1. The maximum atomic E-state index is 13.7. The minimum Gasteiger partial charge on any atom is -0.465 e. The van der Waals surface area contributed by atoms with E-state index in [1.807, 2.05) is 6.92 Å². The highest BCUT2D eigenvalue weighted by Crippen LogP contribution is 2.24. The number of hydrogen-bond acceptors (Lipinski definition) is 4. The number of rotatable bonds is 4. The van der Waals surface area contributed by atoms with Gasteiger partial charge in [-0.25, -0.2) is 9.18 Å². The van der Waals surface area contributed by atoms with Gasteiger partial charge in [-0.15, -0.1) is 0 Å². The van der Waals surface area contributed by atoms with Crippen molar-refractivity contribution >= 4 is 17.3 Å². The number of esters is 1. The highest BCUT2D eigenvalue weighted by atomic mass is 19.1. The van der Waals surface area contributed by atoms with Crippen LogP contribution in [0.4, 0.5) is 15.8 Å². The van der Waals surface area contributed by atoms with Crippen LogP contribution in [0.1, 0.15) is 28.9 Å². The lowest BCUT2D eigenvalue weighted by molar-refractivity contribution is 0.0602.